The summed E-state index contributed by atoms with van der Waals surface area (Å²) in [5, 5.41) is 6.21. The number of amides is 1. The molecule has 0 radical (unpaired) electrons. The van der Waals surface area contributed by atoms with Gasteiger partial charge in [0.15, 0.2) is 5.75 Å². The van der Waals surface area contributed by atoms with Gasteiger partial charge in [0.25, 0.3) is 0 Å². The third kappa shape index (κ3) is 7.48. The van der Waals surface area contributed by atoms with Gasteiger partial charge >= 0.3 is 0 Å². The maximum absolute atomic E-state index is 12.0. The van der Waals surface area contributed by atoms with Crippen molar-refractivity contribution in [3.05, 3.63) is 90.8 Å². The second-order valence-electron chi connectivity index (χ2n) is 6.37. The average Bonchev–Trinajstić information content (AvgIpc) is 2.74. The minimum absolute atomic E-state index is 0.171. The fourth-order valence-electron chi connectivity index (χ4n) is 2.47. The molecule has 0 saturated heterocycles. The zero-order valence-corrected chi connectivity index (χ0v) is 20.8. The van der Waals surface area contributed by atoms with Gasteiger partial charge in [-0.1, -0.05) is 64.1 Å². The molecule has 0 aromatic heterocycles. The maximum Gasteiger partial charge on any atom is 0.250 e. The van der Waals surface area contributed by atoms with E-state index in [4.69, 9.17) is 62.7 Å². The number of carbonyl (C=O) groups is 1. The third-order valence-corrected chi connectivity index (χ3v) is 6.41. The van der Waals surface area contributed by atoms with E-state index in [9.17, 15) is 4.79 Å². The largest absolute Gasteiger partial charge is 0.486 e. The van der Waals surface area contributed by atoms with Gasteiger partial charge in [-0.15, -0.1) is 11.8 Å². The van der Waals surface area contributed by atoms with Crippen molar-refractivity contribution in [2.75, 3.05) is 5.75 Å². The summed E-state index contributed by atoms with van der Waals surface area (Å²) in [4.78, 5) is 12.9. The molecular weight excluding hydrogens is 534 g/mol. The molecule has 0 heterocycles. The van der Waals surface area contributed by atoms with Crippen molar-refractivity contribution >= 4 is 81.9 Å². The molecular formula is C22H15Cl5N2O2S. The van der Waals surface area contributed by atoms with Gasteiger partial charge < -0.3 is 4.74 Å². The van der Waals surface area contributed by atoms with Crippen molar-refractivity contribution in [1.29, 1.82) is 0 Å². The summed E-state index contributed by atoms with van der Waals surface area (Å²) in [5.41, 5.74) is 3.81. The number of nitrogens with zero attached hydrogens (tertiary/aromatic N) is 1. The van der Waals surface area contributed by atoms with E-state index in [-0.39, 0.29) is 18.3 Å². The summed E-state index contributed by atoms with van der Waals surface area (Å²) >= 11 is 31.9. The Morgan fingerprint density at radius 2 is 1.56 bits per heavy atom. The van der Waals surface area contributed by atoms with E-state index in [1.54, 1.807) is 42.5 Å². The van der Waals surface area contributed by atoms with E-state index in [0.717, 1.165) is 10.5 Å². The summed E-state index contributed by atoms with van der Waals surface area (Å²) in [6.07, 6.45) is 1.45. The molecule has 0 aliphatic carbocycles. The van der Waals surface area contributed by atoms with Crippen molar-refractivity contribution in [2.24, 2.45) is 5.10 Å². The normalized spacial score (nSPS) is 11.0. The molecule has 1 N–H and O–H groups in total. The van der Waals surface area contributed by atoms with E-state index >= 15 is 0 Å². The van der Waals surface area contributed by atoms with Gasteiger partial charge in [0, 0.05) is 25.5 Å². The van der Waals surface area contributed by atoms with Crippen LogP contribution in [0.1, 0.15) is 11.1 Å². The van der Waals surface area contributed by atoms with Crippen LogP contribution in [0.25, 0.3) is 0 Å². The van der Waals surface area contributed by atoms with Gasteiger partial charge in [-0.3, -0.25) is 4.79 Å². The van der Waals surface area contributed by atoms with Crippen LogP contribution in [0.4, 0.5) is 0 Å². The minimum atomic E-state index is -0.252. The molecule has 3 rings (SSSR count). The molecule has 0 saturated carbocycles. The quantitative estimate of drug-likeness (QED) is 0.178. The van der Waals surface area contributed by atoms with Crippen LogP contribution in [0, 0.1) is 0 Å². The van der Waals surface area contributed by atoms with E-state index in [1.165, 1.54) is 18.0 Å². The summed E-state index contributed by atoms with van der Waals surface area (Å²) in [5.74, 6) is 0.277. The van der Waals surface area contributed by atoms with Crippen LogP contribution in [-0.4, -0.2) is 17.9 Å². The van der Waals surface area contributed by atoms with Crippen molar-refractivity contribution in [1.82, 2.24) is 5.43 Å². The molecule has 0 aliphatic rings. The standard InChI is InChI=1S/C22H15Cl5N2O2S/c23-15-3-5-17(6-4-15)32-12-21(30)29-28-10-13-7-19(26)22(20(27)8-13)31-11-14-1-2-16(24)9-18(14)25/h1-10H,11-12H2,(H,29,30)/b28-10-. The fourth-order valence-corrected chi connectivity index (χ4v) is 4.36. The second kappa shape index (κ2) is 12.0. The number of halogens is 5. The summed E-state index contributed by atoms with van der Waals surface area (Å²) in [6, 6.07) is 15.6. The first-order valence-corrected chi connectivity index (χ1v) is 12.0. The highest BCUT2D eigenvalue weighted by Crippen LogP contribution is 2.35. The van der Waals surface area contributed by atoms with Crippen LogP contribution in [0.3, 0.4) is 0 Å². The first kappa shape index (κ1) is 25.0. The maximum atomic E-state index is 12.0. The molecule has 0 spiro atoms. The SMILES string of the molecule is O=C(CSc1ccc(Cl)cc1)N/N=C\c1cc(Cl)c(OCc2ccc(Cl)cc2Cl)c(Cl)c1. The molecule has 0 atom stereocenters. The number of carbonyl (C=O) groups excluding carboxylic acids is 1. The first-order valence-electron chi connectivity index (χ1n) is 9.08. The van der Waals surface area contributed by atoms with Crippen LogP contribution in [0.5, 0.6) is 5.75 Å². The van der Waals surface area contributed by atoms with Gasteiger partial charge in [0.05, 0.1) is 22.0 Å². The lowest BCUT2D eigenvalue weighted by Gasteiger charge is -2.12. The van der Waals surface area contributed by atoms with Crippen molar-refractivity contribution < 1.29 is 9.53 Å². The van der Waals surface area contributed by atoms with Gasteiger partial charge in [0.1, 0.15) is 6.61 Å². The van der Waals surface area contributed by atoms with Crippen LogP contribution in [0.2, 0.25) is 25.1 Å². The Bertz CT molecular complexity index is 1120. The number of nitrogens with one attached hydrogen (secondary N) is 1. The number of hydrogen-bond donors (Lipinski definition) is 1. The van der Waals surface area contributed by atoms with E-state index in [2.05, 4.69) is 10.5 Å². The monoisotopic (exact) mass is 546 g/mol. The predicted molar refractivity (Wildman–Crippen MR) is 135 cm³/mol. The summed E-state index contributed by atoms with van der Waals surface area (Å²) in [6.45, 7) is 0.171. The molecule has 0 aliphatic heterocycles. The number of benzene rings is 3. The summed E-state index contributed by atoms with van der Waals surface area (Å²) < 4.78 is 5.74. The summed E-state index contributed by atoms with van der Waals surface area (Å²) in [7, 11) is 0. The van der Waals surface area contributed by atoms with Crippen LogP contribution in [-0.2, 0) is 11.4 Å². The first-order chi connectivity index (χ1) is 15.3. The Morgan fingerprint density at radius 1 is 0.906 bits per heavy atom. The molecule has 1 amide bonds. The fraction of sp³-hybridized carbons (Fsp3) is 0.0909. The minimum Gasteiger partial charge on any atom is -0.486 e. The Kier molecular flexibility index (Phi) is 9.41. The molecule has 32 heavy (non-hydrogen) atoms. The number of hydrazone groups is 1. The Balaban J connectivity index is 1.55. The Labute approximate surface area is 214 Å². The molecule has 0 bridgehead atoms. The third-order valence-electron chi connectivity index (χ3n) is 3.99. The zero-order chi connectivity index (χ0) is 23.1. The molecule has 3 aromatic carbocycles. The molecule has 0 unspecified atom stereocenters. The highest BCUT2D eigenvalue weighted by Gasteiger charge is 2.11. The number of rotatable bonds is 8. The van der Waals surface area contributed by atoms with Gasteiger partial charge in [-0.2, -0.15) is 5.10 Å². The van der Waals surface area contributed by atoms with Crippen molar-refractivity contribution in [2.45, 2.75) is 11.5 Å². The topological polar surface area (TPSA) is 50.7 Å². The van der Waals surface area contributed by atoms with E-state index < -0.39 is 0 Å². The van der Waals surface area contributed by atoms with Crippen molar-refractivity contribution in [3.8, 4) is 5.75 Å². The van der Waals surface area contributed by atoms with Gasteiger partial charge in [0.2, 0.25) is 5.91 Å². The van der Waals surface area contributed by atoms with Crippen LogP contribution >= 0.6 is 69.8 Å². The van der Waals surface area contributed by atoms with E-state index in [1.807, 2.05) is 12.1 Å². The molecule has 166 valence electrons. The highest BCUT2D eigenvalue weighted by molar-refractivity contribution is 8.00. The lowest BCUT2D eigenvalue weighted by Crippen LogP contribution is -2.19. The van der Waals surface area contributed by atoms with Crippen LogP contribution in [0.15, 0.2) is 64.6 Å². The Morgan fingerprint density at radius 3 is 2.22 bits per heavy atom. The molecule has 0 fully saturated rings. The van der Waals surface area contributed by atoms with Crippen LogP contribution < -0.4 is 10.2 Å². The highest BCUT2D eigenvalue weighted by atomic mass is 35.5. The van der Waals surface area contributed by atoms with E-state index in [0.29, 0.717) is 36.4 Å². The van der Waals surface area contributed by atoms with Gasteiger partial charge in [-0.05, 0) is 54.1 Å². The number of ether oxygens (including phenoxy) is 1. The lowest BCUT2D eigenvalue weighted by molar-refractivity contribution is -0.118. The van der Waals surface area contributed by atoms with Crippen molar-refractivity contribution in [3.63, 3.8) is 0 Å². The average molecular weight is 549 g/mol. The predicted octanol–water partition coefficient (Wildman–Crippen LogP) is 7.78. The lowest BCUT2D eigenvalue weighted by atomic mass is 10.2. The van der Waals surface area contributed by atoms with Gasteiger partial charge in [-0.25, -0.2) is 5.43 Å². The molecule has 3 aromatic rings. The second-order valence-corrected chi connectivity index (χ2v) is 9.52. The Hall–Kier alpha value is -1.60. The molecule has 4 nitrogen and oxygen atoms in total. The molecule has 10 heteroatoms. The number of hydrogen-bond acceptors (Lipinski definition) is 4. The number of thioether (sulfide) groups is 1. The smallest absolute Gasteiger partial charge is 0.250 e. The zero-order valence-electron chi connectivity index (χ0n) is 16.2.